The van der Waals surface area contributed by atoms with Gasteiger partial charge in [0.2, 0.25) is 0 Å². The fourth-order valence-electron chi connectivity index (χ4n) is 2.72. The second-order valence-corrected chi connectivity index (χ2v) is 7.88. The van der Waals surface area contributed by atoms with Crippen LogP contribution in [0.1, 0.15) is 81.9 Å². The van der Waals surface area contributed by atoms with Crippen molar-refractivity contribution in [2.24, 2.45) is 0 Å². The van der Waals surface area contributed by atoms with Crippen LogP contribution in [0.4, 0.5) is 0 Å². The Morgan fingerprint density at radius 1 is 0.931 bits per heavy atom. The van der Waals surface area contributed by atoms with E-state index in [1.165, 1.54) is 6.92 Å². The quantitative estimate of drug-likeness (QED) is 0.607. The summed E-state index contributed by atoms with van der Waals surface area (Å²) in [6.07, 6.45) is 0. The molecule has 0 saturated carbocycles. The molecule has 2 aromatic rings. The van der Waals surface area contributed by atoms with Gasteiger partial charge in [-0.3, -0.25) is 9.59 Å². The van der Waals surface area contributed by atoms with Gasteiger partial charge in [0.1, 0.15) is 5.58 Å². The molecule has 0 atom stereocenters. The standard InChI is InChI=1S/C20H28N2O3.2C2H6/c1-13(23)17-11-14-10-16(20(2,3)4)15(12-18(14)25-17)19(24)22(7)9-8-21(5)6;2*1-2/h10-12H,8-9H2,1-7H3;2*1-2H3. The number of carbonyl (C=O) groups is 2. The highest BCUT2D eigenvalue weighted by molar-refractivity contribution is 6.01. The minimum absolute atomic E-state index is 0.0329. The second-order valence-electron chi connectivity index (χ2n) is 7.88. The Labute approximate surface area is 177 Å². The molecule has 0 spiro atoms. The Balaban J connectivity index is 0.00000184. The van der Waals surface area contributed by atoms with Crippen LogP contribution in [0.3, 0.4) is 0 Å². The highest BCUT2D eigenvalue weighted by Crippen LogP contribution is 2.32. The molecule has 0 aliphatic heterocycles. The molecular weight excluding hydrogens is 364 g/mol. The lowest BCUT2D eigenvalue weighted by Crippen LogP contribution is -2.34. The van der Waals surface area contributed by atoms with E-state index in [1.807, 2.05) is 59.8 Å². The van der Waals surface area contributed by atoms with Gasteiger partial charge < -0.3 is 14.2 Å². The maximum absolute atomic E-state index is 13.0. The third-order valence-corrected chi connectivity index (χ3v) is 4.27. The molecule has 1 aromatic heterocycles. The number of rotatable bonds is 5. The largest absolute Gasteiger partial charge is 0.453 e. The van der Waals surface area contributed by atoms with Crippen LogP contribution >= 0.6 is 0 Å². The molecular formula is C24H40N2O3. The summed E-state index contributed by atoms with van der Waals surface area (Å²) < 4.78 is 5.64. The second kappa shape index (κ2) is 11.8. The molecule has 0 aliphatic rings. The van der Waals surface area contributed by atoms with Crippen LogP contribution in [0.2, 0.25) is 0 Å². The number of hydrogen-bond donors (Lipinski definition) is 0. The monoisotopic (exact) mass is 404 g/mol. The molecule has 0 aliphatic carbocycles. The van der Waals surface area contributed by atoms with Crippen molar-refractivity contribution in [2.75, 3.05) is 34.2 Å². The molecule has 5 nitrogen and oxygen atoms in total. The van der Waals surface area contributed by atoms with E-state index in [0.29, 0.717) is 23.5 Å². The third kappa shape index (κ3) is 7.32. The molecule has 5 heteroatoms. The molecule has 0 radical (unpaired) electrons. The van der Waals surface area contributed by atoms with Crippen LogP contribution in [0, 0.1) is 0 Å². The molecule has 0 N–H and O–H groups in total. The van der Waals surface area contributed by atoms with Crippen molar-refractivity contribution in [1.29, 1.82) is 0 Å². The minimum atomic E-state index is -0.199. The maximum Gasteiger partial charge on any atom is 0.254 e. The zero-order valence-electron chi connectivity index (χ0n) is 20.3. The van der Waals surface area contributed by atoms with Gasteiger partial charge in [-0.2, -0.15) is 0 Å². The highest BCUT2D eigenvalue weighted by atomic mass is 16.3. The van der Waals surface area contributed by atoms with E-state index in [2.05, 4.69) is 20.8 Å². The molecule has 0 fully saturated rings. The summed E-state index contributed by atoms with van der Waals surface area (Å²) in [6.45, 7) is 17.2. The Morgan fingerprint density at radius 2 is 1.48 bits per heavy atom. The number of benzene rings is 1. The Bertz CT molecular complexity index is 798. The number of fused-ring (bicyclic) bond motifs is 1. The van der Waals surface area contributed by atoms with E-state index < -0.39 is 0 Å². The number of hydrogen-bond acceptors (Lipinski definition) is 4. The van der Waals surface area contributed by atoms with Gasteiger partial charge in [-0.25, -0.2) is 0 Å². The van der Waals surface area contributed by atoms with E-state index in [4.69, 9.17) is 4.42 Å². The lowest BCUT2D eigenvalue weighted by molar-refractivity contribution is 0.0783. The van der Waals surface area contributed by atoms with E-state index in [0.717, 1.165) is 17.5 Å². The normalized spacial score (nSPS) is 10.8. The third-order valence-electron chi connectivity index (χ3n) is 4.27. The first-order valence-electron chi connectivity index (χ1n) is 10.5. The van der Waals surface area contributed by atoms with Gasteiger partial charge in [0.15, 0.2) is 11.5 Å². The van der Waals surface area contributed by atoms with Crippen LogP contribution in [0.15, 0.2) is 22.6 Å². The fourth-order valence-corrected chi connectivity index (χ4v) is 2.72. The van der Waals surface area contributed by atoms with Crippen LogP contribution in [-0.2, 0) is 5.41 Å². The fraction of sp³-hybridized carbons (Fsp3) is 0.583. The van der Waals surface area contributed by atoms with E-state index in [1.54, 1.807) is 17.0 Å². The molecule has 0 unspecified atom stereocenters. The summed E-state index contributed by atoms with van der Waals surface area (Å²) in [4.78, 5) is 28.4. The number of likely N-dealkylation sites (N-methyl/N-ethyl adjacent to an activating group) is 2. The minimum Gasteiger partial charge on any atom is -0.453 e. The molecule has 1 heterocycles. The van der Waals surface area contributed by atoms with Gasteiger partial charge in [-0.15, -0.1) is 0 Å². The summed E-state index contributed by atoms with van der Waals surface area (Å²) in [7, 11) is 5.78. The van der Waals surface area contributed by atoms with Crippen molar-refractivity contribution in [3.8, 4) is 0 Å². The summed E-state index contributed by atoms with van der Waals surface area (Å²) in [5, 5.41) is 0.850. The van der Waals surface area contributed by atoms with Crippen molar-refractivity contribution in [2.45, 2.75) is 60.8 Å². The Hall–Kier alpha value is -2.14. The molecule has 1 amide bonds. The first-order chi connectivity index (χ1) is 13.5. The average Bonchev–Trinajstić information content (AvgIpc) is 3.10. The molecule has 0 bridgehead atoms. The highest BCUT2D eigenvalue weighted by Gasteiger charge is 2.25. The van der Waals surface area contributed by atoms with Gasteiger partial charge >= 0.3 is 0 Å². The number of amides is 1. The SMILES string of the molecule is CC.CC.CC(=O)c1cc2cc(C(C)(C)C)c(C(=O)N(C)CCN(C)C)cc2o1. The lowest BCUT2D eigenvalue weighted by atomic mass is 9.82. The van der Waals surface area contributed by atoms with Crippen molar-refractivity contribution >= 4 is 22.7 Å². The molecule has 0 saturated heterocycles. The van der Waals surface area contributed by atoms with Crippen molar-refractivity contribution in [1.82, 2.24) is 9.80 Å². The number of carbonyl (C=O) groups excluding carboxylic acids is 2. The van der Waals surface area contributed by atoms with Crippen molar-refractivity contribution in [3.05, 3.63) is 35.1 Å². The van der Waals surface area contributed by atoms with Gasteiger partial charge in [0.05, 0.1) is 0 Å². The summed E-state index contributed by atoms with van der Waals surface area (Å²) in [6, 6.07) is 5.49. The van der Waals surface area contributed by atoms with Crippen molar-refractivity contribution < 1.29 is 14.0 Å². The first kappa shape index (κ1) is 26.9. The predicted molar refractivity (Wildman–Crippen MR) is 123 cm³/mol. The Kier molecular flexibility index (Phi) is 10.9. The molecule has 1 aromatic carbocycles. The van der Waals surface area contributed by atoms with Gasteiger partial charge in [0.25, 0.3) is 5.91 Å². The zero-order chi connectivity index (χ0) is 22.9. The topological polar surface area (TPSA) is 53.8 Å². The zero-order valence-corrected chi connectivity index (χ0v) is 20.3. The molecule has 164 valence electrons. The van der Waals surface area contributed by atoms with Gasteiger partial charge in [-0.05, 0) is 43.3 Å². The smallest absolute Gasteiger partial charge is 0.254 e. The summed E-state index contributed by atoms with van der Waals surface area (Å²) in [5.41, 5.74) is 1.96. The van der Waals surface area contributed by atoms with Gasteiger partial charge in [0, 0.05) is 38.0 Å². The number of furan rings is 1. The first-order valence-corrected chi connectivity index (χ1v) is 10.5. The maximum atomic E-state index is 13.0. The number of nitrogens with zero attached hydrogens (tertiary/aromatic N) is 2. The summed E-state index contributed by atoms with van der Waals surface area (Å²) in [5.74, 6) is 0.166. The molecule has 2 rings (SSSR count). The van der Waals surface area contributed by atoms with E-state index in [-0.39, 0.29) is 17.1 Å². The van der Waals surface area contributed by atoms with Crippen molar-refractivity contribution in [3.63, 3.8) is 0 Å². The van der Waals surface area contributed by atoms with E-state index >= 15 is 0 Å². The van der Waals surface area contributed by atoms with Crippen LogP contribution < -0.4 is 0 Å². The van der Waals surface area contributed by atoms with E-state index in [9.17, 15) is 9.59 Å². The number of ketones is 1. The van der Waals surface area contributed by atoms with Crippen LogP contribution in [0.25, 0.3) is 11.0 Å². The van der Waals surface area contributed by atoms with Gasteiger partial charge in [-0.1, -0.05) is 48.5 Å². The average molecular weight is 405 g/mol. The van der Waals surface area contributed by atoms with Crippen LogP contribution in [-0.4, -0.2) is 55.7 Å². The Morgan fingerprint density at radius 3 is 1.93 bits per heavy atom. The van der Waals surface area contributed by atoms with Crippen LogP contribution in [0.5, 0.6) is 0 Å². The lowest BCUT2D eigenvalue weighted by Gasteiger charge is -2.26. The molecule has 29 heavy (non-hydrogen) atoms. The predicted octanol–water partition coefficient (Wildman–Crippen LogP) is 5.62. The number of Topliss-reactive ketones (excluding diaryl/α,β-unsaturated/α-hetero) is 1. The summed E-state index contributed by atoms with van der Waals surface area (Å²) >= 11 is 0.